The number of Topliss-reactive ketones (excluding diaryl/α,β-unsaturated/α-hetero) is 1. The molecular weight excluding hydrogens is 326 g/mol. The molecular formula is C21H21N3O2. The summed E-state index contributed by atoms with van der Waals surface area (Å²) in [6.07, 6.45) is 5.37. The van der Waals surface area contributed by atoms with Crippen LogP contribution in [0.3, 0.4) is 0 Å². The second kappa shape index (κ2) is 7.12. The van der Waals surface area contributed by atoms with Crippen molar-refractivity contribution in [1.82, 2.24) is 9.97 Å². The van der Waals surface area contributed by atoms with E-state index >= 15 is 0 Å². The molecule has 1 N–H and O–H groups in total. The Hall–Kier alpha value is -2.95. The number of benzene rings is 1. The average molecular weight is 347 g/mol. The van der Waals surface area contributed by atoms with E-state index in [2.05, 4.69) is 46.5 Å². The van der Waals surface area contributed by atoms with Gasteiger partial charge in [-0.05, 0) is 37.0 Å². The summed E-state index contributed by atoms with van der Waals surface area (Å²) >= 11 is 0. The van der Waals surface area contributed by atoms with E-state index in [4.69, 9.17) is 4.42 Å². The first-order valence-corrected chi connectivity index (χ1v) is 8.91. The topological polar surface area (TPSA) is 68.0 Å². The number of hydrogen-bond donors (Lipinski definition) is 1. The van der Waals surface area contributed by atoms with E-state index in [1.165, 1.54) is 11.1 Å². The van der Waals surface area contributed by atoms with Crippen molar-refractivity contribution in [2.75, 3.05) is 11.9 Å². The minimum atomic E-state index is 0.124. The average Bonchev–Trinajstić information content (AvgIpc) is 3.15. The number of nitrogens with zero attached hydrogens (tertiary/aromatic N) is 2. The van der Waals surface area contributed by atoms with Crippen molar-refractivity contribution in [3.05, 3.63) is 77.0 Å². The van der Waals surface area contributed by atoms with Crippen LogP contribution in [0.4, 0.5) is 5.95 Å². The number of anilines is 1. The Morgan fingerprint density at radius 2 is 2.04 bits per heavy atom. The van der Waals surface area contributed by atoms with E-state index in [0.29, 0.717) is 24.5 Å². The van der Waals surface area contributed by atoms with Crippen molar-refractivity contribution in [3.63, 3.8) is 0 Å². The van der Waals surface area contributed by atoms with E-state index in [9.17, 15) is 4.79 Å². The molecule has 1 aromatic carbocycles. The fourth-order valence-corrected chi connectivity index (χ4v) is 3.36. The summed E-state index contributed by atoms with van der Waals surface area (Å²) in [5, 5.41) is 3.22. The molecule has 1 aliphatic rings. The zero-order valence-electron chi connectivity index (χ0n) is 14.7. The highest BCUT2D eigenvalue weighted by molar-refractivity contribution is 5.98. The molecule has 4 rings (SSSR count). The van der Waals surface area contributed by atoms with E-state index in [-0.39, 0.29) is 11.7 Å². The van der Waals surface area contributed by atoms with Crippen molar-refractivity contribution < 1.29 is 9.21 Å². The van der Waals surface area contributed by atoms with E-state index < -0.39 is 0 Å². The summed E-state index contributed by atoms with van der Waals surface area (Å²) in [5.41, 5.74) is 3.91. The molecule has 1 aliphatic carbocycles. The van der Waals surface area contributed by atoms with Crippen LogP contribution in [0, 0.1) is 6.92 Å². The number of furan rings is 1. The molecule has 1 unspecified atom stereocenters. The third-order valence-electron chi connectivity index (χ3n) is 4.82. The monoisotopic (exact) mass is 347 g/mol. The van der Waals surface area contributed by atoms with Crippen LogP contribution in [0.15, 0.2) is 53.3 Å². The van der Waals surface area contributed by atoms with Crippen LogP contribution in [0.5, 0.6) is 0 Å². The van der Waals surface area contributed by atoms with Crippen LogP contribution in [0.2, 0.25) is 0 Å². The highest BCUT2D eigenvalue weighted by Gasteiger charge is 2.28. The lowest BCUT2D eigenvalue weighted by Crippen LogP contribution is -2.21. The Bertz CT molecular complexity index is 902. The molecule has 1 atom stereocenters. The predicted octanol–water partition coefficient (Wildman–Crippen LogP) is 3.95. The Morgan fingerprint density at radius 3 is 2.81 bits per heavy atom. The van der Waals surface area contributed by atoms with Gasteiger partial charge < -0.3 is 9.73 Å². The van der Waals surface area contributed by atoms with Gasteiger partial charge in [0.1, 0.15) is 5.76 Å². The highest BCUT2D eigenvalue weighted by atomic mass is 16.3. The largest absolute Gasteiger partial charge is 0.469 e. The summed E-state index contributed by atoms with van der Waals surface area (Å²) in [6, 6.07) is 12.2. The maximum absolute atomic E-state index is 12.5. The lowest BCUT2D eigenvalue weighted by Gasteiger charge is -2.23. The van der Waals surface area contributed by atoms with Gasteiger partial charge >= 0.3 is 0 Å². The highest BCUT2D eigenvalue weighted by Crippen LogP contribution is 2.32. The number of aromatic nitrogens is 2. The molecule has 2 aromatic heterocycles. The fraction of sp³-hybridized carbons (Fsp3) is 0.286. The van der Waals surface area contributed by atoms with Crippen molar-refractivity contribution >= 4 is 11.7 Å². The number of fused-ring (bicyclic) bond motifs is 1. The van der Waals surface area contributed by atoms with Crippen molar-refractivity contribution in [1.29, 1.82) is 0 Å². The molecule has 5 heteroatoms. The first-order valence-electron chi connectivity index (χ1n) is 8.91. The standard InChI is InChI=1S/C21H21N3O2/c1-14-4-6-15(7-5-14)16-11-19-18(20(25)12-16)13-23-21(24-19)22-9-8-17-3-2-10-26-17/h2-7,10,13,16H,8-9,11-12H2,1H3,(H,22,23,24). The van der Waals surface area contributed by atoms with Crippen molar-refractivity contribution in [2.45, 2.75) is 32.1 Å². The normalized spacial score (nSPS) is 16.3. The van der Waals surface area contributed by atoms with Crippen molar-refractivity contribution in [3.8, 4) is 0 Å². The molecule has 0 amide bonds. The van der Waals surface area contributed by atoms with Crippen LogP contribution in [-0.2, 0) is 12.8 Å². The molecule has 0 radical (unpaired) electrons. The molecule has 26 heavy (non-hydrogen) atoms. The lowest BCUT2D eigenvalue weighted by molar-refractivity contribution is 0.0962. The molecule has 0 spiro atoms. The number of aryl methyl sites for hydroxylation is 1. The zero-order valence-corrected chi connectivity index (χ0v) is 14.7. The van der Waals surface area contributed by atoms with E-state index in [0.717, 1.165) is 24.3 Å². The summed E-state index contributed by atoms with van der Waals surface area (Å²) < 4.78 is 5.32. The quantitative estimate of drug-likeness (QED) is 0.757. The third-order valence-corrected chi connectivity index (χ3v) is 4.82. The fourth-order valence-electron chi connectivity index (χ4n) is 3.36. The van der Waals surface area contributed by atoms with Gasteiger partial charge in [-0.25, -0.2) is 9.97 Å². The molecule has 5 nitrogen and oxygen atoms in total. The van der Waals surface area contributed by atoms with Crippen LogP contribution in [0.1, 0.15) is 45.3 Å². The smallest absolute Gasteiger partial charge is 0.222 e. The maximum Gasteiger partial charge on any atom is 0.222 e. The molecule has 0 bridgehead atoms. The molecule has 0 saturated heterocycles. The number of rotatable bonds is 5. The van der Waals surface area contributed by atoms with Gasteiger partial charge in [0.2, 0.25) is 5.95 Å². The number of carbonyl (C=O) groups excluding carboxylic acids is 1. The van der Waals surface area contributed by atoms with E-state index in [1.54, 1.807) is 12.5 Å². The van der Waals surface area contributed by atoms with Crippen molar-refractivity contribution in [2.24, 2.45) is 0 Å². The predicted molar refractivity (Wildman–Crippen MR) is 99.5 cm³/mol. The first kappa shape index (κ1) is 16.5. The number of nitrogens with one attached hydrogen (secondary N) is 1. The van der Waals surface area contributed by atoms with Crippen LogP contribution < -0.4 is 5.32 Å². The lowest BCUT2D eigenvalue weighted by atomic mass is 9.82. The van der Waals surface area contributed by atoms with Gasteiger partial charge in [-0.1, -0.05) is 29.8 Å². The summed E-state index contributed by atoms with van der Waals surface area (Å²) in [4.78, 5) is 21.4. The second-order valence-corrected chi connectivity index (χ2v) is 6.75. The summed E-state index contributed by atoms with van der Waals surface area (Å²) in [6.45, 7) is 2.75. The zero-order chi connectivity index (χ0) is 17.9. The van der Waals surface area contributed by atoms with E-state index in [1.807, 2.05) is 12.1 Å². The first-order chi connectivity index (χ1) is 12.7. The molecule has 2 heterocycles. The minimum absolute atomic E-state index is 0.124. The summed E-state index contributed by atoms with van der Waals surface area (Å²) in [7, 11) is 0. The number of carbonyl (C=O) groups is 1. The number of hydrogen-bond acceptors (Lipinski definition) is 5. The SMILES string of the molecule is Cc1ccc(C2CC(=O)c3cnc(NCCc4ccco4)nc3C2)cc1. The van der Waals surface area contributed by atoms with Gasteiger partial charge in [0.05, 0.1) is 17.5 Å². The van der Waals surface area contributed by atoms with Gasteiger partial charge in [0.15, 0.2) is 5.78 Å². The van der Waals surface area contributed by atoms with Gasteiger partial charge in [-0.2, -0.15) is 0 Å². The van der Waals surface area contributed by atoms with Crippen LogP contribution in [0.25, 0.3) is 0 Å². The Morgan fingerprint density at radius 1 is 1.19 bits per heavy atom. The molecule has 3 aromatic rings. The summed E-state index contributed by atoms with van der Waals surface area (Å²) in [5.74, 6) is 1.79. The number of ketones is 1. The Labute approximate surface area is 152 Å². The van der Waals surface area contributed by atoms with Gasteiger partial charge in [-0.15, -0.1) is 0 Å². The second-order valence-electron chi connectivity index (χ2n) is 6.75. The van der Waals surface area contributed by atoms with Crippen LogP contribution >= 0.6 is 0 Å². The van der Waals surface area contributed by atoms with Gasteiger partial charge in [0, 0.05) is 25.6 Å². The van der Waals surface area contributed by atoms with Gasteiger partial charge in [0.25, 0.3) is 0 Å². The molecule has 0 saturated carbocycles. The van der Waals surface area contributed by atoms with Crippen LogP contribution in [-0.4, -0.2) is 22.3 Å². The Balaban J connectivity index is 1.48. The molecule has 0 aliphatic heterocycles. The minimum Gasteiger partial charge on any atom is -0.469 e. The van der Waals surface area contributed by atoms with Gasteiger partial charge in [-0.3, -0.25) is 4.79 Å². The Kier molecular flexibility index (Phi) is 4.52. The third kappa shape index (κ3) is 3.52. The maximum atomic E-state index is 12.5. The molecule has 0 fully saturated rings. The molecule has 132 valence electrons.